The lowest BCUT2D eigenvalue weighted by molar-refractivity contribution is -0.914. The zero-order chi connectivity index (χ0) is 19.1. The van der Waals surface area contributed by atoms with E-state index in [0.29, 0.717) is 0 Å². The normalized spacial score (nSPS) is 19.3. The Balaban J connectivity index is 1.44. The van der Waals surface area contributed by atoms with E-state index in [1.54, 1.807) is 7.11 Å². The van der Waals surface area contributed by atoms with Crippen LogP contribution < -0.4 is 19.9 Å². The Morgan fingerprint density at radius 2 is 2.04 bits per heavy atom. The number of benzene rings is 1. The highest BCUT2D eigenvalue weighted by atomic mass is 16.5. The largest absolute Gasteiger partial charge is 0.495 e. The summed E-state index contributed by atoms with van der Waals surface area (Å²) in [4.78, 5) is 16.3. The molecule has 1 aliphatic heterocycles. The van der Waals surface area contributed by atoms with Crippen LogP contribution in [0.15, 0.2) is 35.9 Å². The predicted octanol–water partition coefficient (Wildman–Crippen LogP) is 1.80. The molecule has 0 unspecified atom stereocenters. The molecule has 1 amide bonds. The Morgan fingerprint density at radius 3 is 2.74 bits per heavy atom. The molecular formula is C22H34N3O2+. The second-order valence-electron chi connectivity index (χ2n) is 7.69. The average Bonchev–Trinajstić information content (AvgIpc) is 2.74. The molecule has 2 N–H and O–H groups in total. The molecule has 0 saturated carbocycles. The maximum atomic E-state index is 12.6. The highest BCUT2D eigenvalue weighted by Crippen LogP contribution is 2.27. The number of quaternary nitrogens is 1. The Bertz CT molecular complexity index is 651. The molecule has 1 heterocycles. The molecular weight excluding hydrogens is 338 g/mol. The number of rotatable bonds is 7. The highest BCUT2D eigenvalue weighted by molar-refractivity contribution is 5.79. The second-order valence-corrected chi connectivity index (χ2v) is 7.69. The molecule has 0 spiro atoms. The second kappa shape index (κ2) is 9.79. The first-order valence-corrected chi connectivity index (χ1v) is 10.4. The molecule has 1 saturated heterocycles. The van der Waals surface area contributed by atoms with Crippen LogP contribution in [-0.4, -0.2) is 51.8 Å². The molecule has 5 nitrogen and oxygen atoms in total. The number of allylic oxidation sites excluding steroid dienone is 1. The van der Waals surface area contributed by atoms with E-state index in [4.69, 9.17) is 4.74 Å². The van der Waals surface area contributed by atoms with Crippen molar-refractivity contribution in [2.24, 2.45) is 0 Å². The summed E-state index contributed by atoms with van der Waals surface area (Å²) in [6.45, 7) is 6.66. The lowest BCUT2D eigenvalue weighted by Gasteiger charge is -2.36. The van der Waals surface area contributed by atoms with E-state index in [2.05, 4.69) is 35.3 Å². The minimum atomic E-state index is 0.00477. The number of amides is 1. The monoisotopic (exact) mass is 372 g/mol. The van der Waals surface area contributed by atoms with E-state index in [1.165, 1.54) is 36.2 Å². The summed E-state index contributed by atoms with van der Waals surface area (Å²) >= 11 is 0. The summed E-state index contributed by atoms with van der Waals surface area (Å²) in [7, 11) is 1.72. The zero-order valence-electron chi connectivity index (χ0n) is 16.8. The van der Waals surface area contributed by atoms with Crippen molar-refractivity contribution in [2.45, 2.75) is 45.1 Å². The van der Waals surface area contributed by atoms with Crippen LogP contribution in [0, 0.1) is 0 Å². The fraction of sp³-hybridized carbons (Fsp3) is 0.591. The van der Waals surface area contributed by atoms with Crippen LogP contribution in [0.25, 0.3) is 0 Å². The van der Waals surface area contributed by atoms with Crippen LogP contribution in [0.5, 0.6) is 5.75 Å². The van der Waals surface area contributed by atoms with Crippen molar-refractivity contribution in [3.8, 4) is 5.75 Å². The van der Waals surface area contributed by atoms with E-state index in [0.717, 1.165) is 50.6 Å². The van der Waals surface area contributed by atoms with E-state index < -0.39 is 0 Å². The van der Waals surface area contributed by atoms with Crippen molar-refractivity contribution in [1.82, 2.24) is 5.32 Å². The topological polar surface area (TPSA) is 46.0 Å². The van der Waals surface area contributed by atoms with Crippen molar-refractivity contribution >= 4 is 11.6 Å². The Labute approximate surface area is 163 Å². The van der Waals surface area contributed by atoms with Crippen molar-refractivity contribution in [3.63, 3.8) is 0 Å². The molecule has 148 valence electrons. The third-order valence-electron chi connectivity index (χ3n) is 5.97. The number of nitrogens with zero attached hydrogens (tertiary/aromatic N) is 1. The number of carbonyl (C=O) groups excluding carboxylic acids is 1. The highest BCUT2D eigenvalue weighted by Gasteiger charge is 2.29. The number of para-hydroxylation sites is 2. The number of piperazine rings is 1. The van der Waals surface area contributed by atoms with Gasteiger partial charge in [-0.3, -0.25) is 4.79 Å². The predicted molar refractivity (Wildman–Crippen MR) is 110 cm³/mol. The minimum absolute atomic E-state index is 0.00477. The Kier molecular flexibility index (Phi) is 7.16. The minimum Gasteiger partial charge on any atom is -0.495 e. The van der Waals surface area contributed by atoms with Crippen molar-refractivity contribution in [2.75, 3.05) is 44.7 Å². The van der Waals surface area contributed by atoms with Gasteiger partial charge in [0.15, 0.2) is 6.04 Å². The van der Waals surface area contributed by atoms with Gasteiger partial charge in [0.05, 0.1) is 39.0 Å². The van der Waals surface area contributed by atoms with Gasteiger partial charge in [-0.1, -0.05) is 23.8 Å². The number of hydrogen-bond donors (Lipinski definition) is 2. The fourth-order valence-corrected chi connectivity index (χ4v) is 4.18. The van der Waals surface area contributed by atoms with Gasteiger partial charge in [-0.15, -0.1) is 0 Å². The van der Waals surface area contributed by atoms with Gasteiger partial charge in [-0.25, -0.2) is 0 Å². The number of anilines is 1. The van der Waals surface area contributed by atoms with E-state index >= 15 is 0 Å². The number of ether oxygens (including phenoxy) is 1. The molecule has 0 aromatic heterocycles. The fourth-order valence-electron chi connectivity index (χ4n) is 4.18. The molecule has 2 aliphatic rings. The smallest absolute Gasteiger partial charge is 0.278 e. The van der Waals surface area contributed by atoms with Crippen LogP contribution in [0.3, 0.4) is 0 Å². The molecule has 1 aromatic rings. The molecule has 3 rings (SSSR count). The number of methoxy groups -OCH3 is 1. The first-order chi connectivity index (χ1) is 13.2. The summed E-state index contributed by atoms with van der Waals surface area (Å²) in [5.74, 6) is 1.11. The first-order valence-electron chi connectivity index (χ1n) is 10.4. The summed E-state index contributed by atoms with van der Waals surface area (Å²) < 4.78 is 5.49. The van der Waals surface area contributed by atoms with E-state index in [1.807, 2.05) is 12.1 Å². The number of nitrogens with one attached hydrogen (secondary N) is 2. The standard InChI is InChI=1S/C22H33N3O2/c1-18(22(26)23-13-12-19-8-4-3-5-9-19)24-14-16-25(17-15-24)20-10-6-7-11-21(20)27-2/h6-8,10-11,18H,3-5,9,12-17H2,1-2H3,(H,23,26)/p+1/t18-/m0/s1. The lowest BCUT2D eigenvalue weighted by atomic mass is 9.97. The van der Waals surface area contributed by atoms with Crippen molar-refractivity contribution in [1.29, 1.82) is 0 Å². The van der Waals surface area contributed by atoms with Crippen LogP contribution in [0.2, 0.25) is 0 Å². The van der Waals surface area contributed by atoms with E-state index in [-0.39, 0.29) is 11.9 Å². The molecule has 1 atom stereocenters. The summed E-state index contributed by atoms with van der Waals surface area (Å²) in [6.07, 6.45) is 8.41. The summed E-state index contributed by atoms with van der Waals surface area (Å²) in [6, 6.07) is 8.17. The van der Waals surface area contributed by atoms with Gasteiger partial charge in [0.25, 0.3) is 5.91 Å². The number of carbonyl (C=O) groups is 1. The van der Waals surface area contributed by atoms with Crippen molar-refractivity contribution < 1.29 is 14.4 Å². The van der Waals surface area contributed by atoms with Crippen LogP contribution >= 0.6 is 0 Å². The summed E-state index contributed by atoms with van der Waals surface area (Å²) in [5, 5.41) is 3.15. The van der Waals surface area contributed by atoms with Gasteiger partial charge < -0.3 is 19.9 Å². The molecule has 1 aromatic carbocycles. The molecule has 5 heteroatoms. The summed E-state index contributed by atoms with van der Waals surface area (Å²) in [5.41, 5.74) is 2.67. The van der Waals surface area contributed by atoms with Gasteiger partial charge in [0.1, 0.15) is 5.75 Å². The Hall–Kier alpha value is -2.01. The molecule has 27 heavy (non-hydrogen) atoms. The Morgan fingerprint density at radius 1 is 1.26 bits per heavy atom. The van der Waals surface area contributed by atoms with Crippen LogP contribution in [0.4, 0.5) is 5.69 Å². The molecule has 1 fully saturated rings. The zero-order valence-corrected chi connectivity index (χ0v) is 16.8. The first kappa shape index (κ1) is 19.7. The maximum Gasteiger partial charge on any atom is 0.278 e. The quantitative estimate of drug-likeness (QED) is 0.718. The molecule has 0 bridgehead atoms. The van der Waals surface area contributed by atoms with Gasteiger partial charge in [0, 0.05) is 6.54 Å². The van der Waals surface area contributed by atoms with Crippen LogP contribution in [-0.2, 0) is 4.79 Å². The van der Waals surface area contributed by atoms with Crippen LogP contribution in [0.1, 0.15) is 39.0 Å². The van der Waals surface area contributed by atoms with Gasteiger partial charge in [0.2, 0.25) is 0 Å². The van der Waals surface area contributed by atoms with Crippen molar-refractivity contribution in [3.05, 3.63) is 35.9 Å². The molecule has 0 radical (unpaired) electrons. The lowest BCUT2D eigenvalue weighted by Crippen LogP contribution is -3.19. The third kappa shape index (κ3) is 5.25. The van der Waals surface area contributed by atoms with Gasteiger partial charge in [-0.05, 0) is 51.2 Å². The van der Waals surface area contributed by atoms with Gasteiger partial charge in [-0.2, -0.15) is 0 Å². The third-order valence-corrected chi connectivity index (χ3v) is 5.97. The molecule has 1 aliphatic carbocycles. The van der Waals surface area contributed by atoms with E-state index in [9.17, 15) is 4.79 Å². The maximum absolute atomic E-state index is 12.6. The number of hydrogen-bond acceptors (Lipinski definition) is 3. The average molecular weight is 373 g/mol. The SMILES string of the molecule is COc1ccccc1N1CC[NH+]([C@@H](C)C(=O)NCCC2=CCCCC2)CC1. The van der Waals surface area contributed by atoms with Gasteiger partial charge >= 0.3 is 0 Å².